The molecule has 0 aliphatic heterocycles. The molecule has 23 heavy (non-hydrogen) atoms. The highest BCUT2D eigenvalue weighted by Gasteiger charge is 2.11. The van der Waals surface area contributed by atoms with E-state index >= 15 is 0 Å². The number of fused-ring (bicyclic) bond motifs is 1. The number of anilines is 1. The topological polar surface area (TPSA) is 65.3 Å². The lowest BCUT2D eigenvalue weighted by Gasteiger charge is -2.18. The van der Waals surface area contributed by atoms with Crippen molar-refractivity contribution >= 4 is 16.9 Å². The van der Waals surface area contributed by atoms with E-state index in [-0.39, 0.29) is 0 Å². The Morgan fingerprint density at radius 3 is 2.61 bits per heavy atom. The molecule has 0 amide bonds. The Balaban J connectivity index is 1.63. The standard InChI is InChI=1S/C16H19N5O2/c1-20(8-9-23-13-6-4-12(22-3)5-7-13)15-14-10-19-21(2)16(14)18-11-17-15/h4-7,10-11H,8-9H2,1-3H3. The number of nitrogens with zero attached hydrogens (tertiary/aromatic N) is 5. The molecule has 0 atom stereocenters. The molecule has 7 nitrogen and oxygen atoms in total. The minimum absolute atomic E-state index is 0.550. The first kappa shape index (κ1) is 15.1. The van der Waals surface area contributed by atoms with Crippen molar-refractivity contribution in [2.45, 2.75) is 0 Å². The summed E-state index contributed by atoms with van der Waals surface area (Å²) >= 11 is 0. The van der Waals surface area contributed by atoms with E-state index in [2.05, 4.69) is 15.1 Å². The van der Waals surface area contributed by atoms with Crippen molar-refractivity contribution in [1.29, 1.82) is 0 Å². The van der Waals surface area contributed by atoms with E-state index in [9.17, 15) is 0 Å². The fourth-order valence-electron chi connectivity index (χ4n) is 2.33. The van der Waals surface area contributed by atoms with Gasteiger partial charge in [0.15, 0.2) is 5.65 Å². The third-order valence-corrected chi connectivity index (χ3v) is 3.62. The van der Waals surface area contributed by atoms with Gasteiger partial charge in [0, 0.05) is 14.1 Å². The highest BCUT2D eigenvalue weighted by molar-refractivity contribution is 5.86. The van der Waals surface area contributed by atoms with Gasteiger partial charge in [0.1, 0.15) is 30.3 Å². The number of ether oxygens (including phenoxy) is 2. The van der Waals surface area contributed by atoms with Crippen LogP contribution >= 0.6 is 0 Å². The summed E-state index contributed by atoms with van der Waals surface area (Å²) in [6.45, 7) is 1.25. The molecule has 1 aromatic carbocycles. The van der Waals surface area contributed by atoms with Gasteiger partial charge >= 0.3 is 0 Å². The van der Waals surface area contributed by atoms with Crippen LogP contribution in [0.4, 0.5) is 5.82 Å². The maximum atomic E-state index is 5.75. The molecule has 120 valence electrons. The van der Waals surface area contributed by atoms with Crippen LogP contribution in [0.2, 0.25) is 0 Å². The quantitative estimate of drug-likeness (QED) is 0.692. The summed E-state index contributed by atoms with van der Waals surface area (Å²) in [5.74, 6) is 2.48. The summed E-state index contributed by atoms with van der Waals surface area (Å²) in [4.78, 5) is 10.6. The van der Waals surface area contributed by atoms with Crippen LogP contribution in [0.3, 0.4) is 0 Å². The van der Waals surface area contributed by atoms with Gasteiger partial charge in [-0.15, -0.1) is 0 Å². The molecule has 0 radical (unpaired) electrons. The van der Waals surface area contributed by atoms with Crippen LogP contribution in [0.1, 0.15) is 0 Å². The van der Waals surface area contributed by atoms with E-state index in [1.807, 2.05) is 43.3 Å². The molecule has 0 saturated heterocycles. The van der Waals surface area contributed by atoms with Crippen molar-refractivity contribution in [3.63, 3.8) is 0 Å². The van der Waals surface area contributed by atoms with Crippen LogP contribution in [0, 0.1) is 0 Å². The van der Waals surface area contributed by atoms with Gasteiger partial charge < -0.3 is 14.4 Å². The lowest BCUT2D eigenvalue weighted by Crippen LogP contribution is -2.24. The average Bonchev–Trinajstić information content (AvgIpc) is 2.97. The van der Waals surface area contributed by atoms with Crippen molar-refractivity contribution in [2.24, 2.45) is 7.05 Å². The number of rotatable bonds is 6. The van der Waals surface area contributed by atoms with Gasteiger partial charge in [-0.2, -0.15) is 5.10 Å². The largest absolute Gasteiger partial charge is 0.497 e. The second-order valence-electron chi connectivity index (χ2n) is 5.15. The molecule has 2 aromatic heterocycles. The van der Waals surface area contributed by atoms with Crippen molar-refractivity contribution in [1.82, 2.24) is 19.7 Å². The van der Waals surface area contributed by atoms with E-state index < -0.39 is 0 Å². The average molecular weight is 313 g/mol. The van der Waals surface area contributed by atoms with Crippen molar-refractivity contribution in [3.05, 3.63) is 36.8 Å². The van der Waals surface area contributed by atoms with Crippen molar-refractivity contribution in [3.8, 4) is 11.5 Å². The molecule has 0 spiro atoms. The minimum atomic E-state index is 0.550. The Morgan fingerprint density at radius 1 is 1.13 bits per heavy atom. The normalized spacial score (nSPS) is 10.7. The van der Waals surface area contributed by atoms with E-state index in [0.717, 1.165) is 28.4 Å². The van der Waals surface area contributed by atoms with Gasteiger partial charge in [0.05, 0.1) is 25.2 Å². The molecule has 0 N–H and O–H groups in total. The highest BCUT2D eigenvalue weighted by atomic mass is 16.5. The Bertz CT molecular complexity index is 785. The van der Waals surface area contributed by atoms with Crippen molar-refractivity contribution < 1.29 is 9.47 Å². The zero-order valence-corrected chi connectivity index (χ0v) is 13.4. The molecule has 0 unspecified atom stereocenters. The fourth-order valence-corrected chi connectivity index (χ4v) is 2.33. The Morgan fingerprint density at radius 2 is 1.87 bits per heavy atom. The predicted octanol–water partition coefficient (Wildman–Crippen LogP) is 1.89. The molecule has 7 heteroatoms. The van der Waals surface area contributed by atoms with E-state index in [1.165, 1.54) is 0 Å². The van der Waals surface area contributed by atoms with Gasteiger partial charge in [0.25, 0.3) is 0 Å². The van der Waals surface area contributed by atoms with Gasteiger partial charge in [0.2, 0.25) is 0 Å². The Hall–Kier alpha value is -2.83. The fraction of sp³-hybridized carbons (Fsp3) is 0.312. The van der Waals surface area contributed by atoms with Crippen molar-refractivity contribution in [2.75, 3.05) is 32.2 Å². The van der Waals surface area contributed by atoms with Crippen LogP contribution in [0.25, 0.3) is 11.0 Å². The molecule has 0 bridgehead atoms. The number of likely N-dealkylation sites (N-methyl/N-ethyl adjacent to an activating group) is 1. The maximum Gasteiger partial charge on any atom is 0.163 e. The molecule has 0 aliphatic rings. The smallest absolute Gasteiger partial charge is 0.163 e. The third kappa shape index (κ3) is 3.18. The Kier molecular flexibility index (Phi) is 4.27. The molecule has 2 heterocycles. The molecular weight excluding hydrogens is 294 g/mol. The second kappa shape index (κ2) is 6.51. The van der Waals surface area contributed by atoms with Crippen LogP contribution in [-0.2, 0) is 7.05 Å². The monoisotopic (exact) mass is 313 g/mol. The van der Waals surface area contributed by atoms with E-state index in [1.54, 1.807) is 24.3 Å². The number of aryl methyl sites for hydroxylation is 1. The van der Waals surface area contributed by atoms with Gasteiger partial charge in [-0.05, 0) is 24.3 Å². The zero-order chi connectivity index (χ0) is 16.2. The summed E-state index contributed by atoms with van der Waals surface area (Å²) in [7, 11) is 5.49. The summed E-state index contributed by atoms with van der Waals surface area (Å²) < 4.78 is 12.6. The number of hydrogen-bond acceptors (Lipinski definition) is 6. The van der Waals surface area contributed by atoms with Crippen LogP contribution in [-0.4, -0.2) is 47.1 Å². The molecule has 3 rings (SSSR count). The van der Waals surface area contributed by atoms with Crippen LogP contribution < -0.4 is 14.4 Å². The molecular formula is C16H19N5O2. The van der Waals surface area contributed by atoms with Crippen LogP contribution in [0.5, 0.6) is 11.5 Å². The lowest BCUT2D eigenvalue weighted by atomic mass is 10.3. The lowest BCUT2D eigenvalue weighted by molar-refractivity contribution is 0.325. The predicted molar refractivity (Wildman–Crippen MR) is 88.1 cm³/mol. The first-order valence-electron chi connectivity index (χ1n) is 7.29. The number of aromatic nitrogens is 4. The highest BCUT2D eigenvalue weighted by Crippen LogP contribution is 2.21. The zero-order valence-electron chi connectivity index (χ0n) is 13.4. The first-order valence-corrected chi connectivity index (χ1v) is 7.29. The van der Waals surface area contributed by atoms with Crippen LogP contribution in [0.15, 0.2) is 36.8 Å². The first-order chi connectivity index (χ1) is 11.2. The SMILES string of the molecule is COc1ccc(OCCN(C)c2ncnc3c2cnn3C)cc1. The summed E-state index contributed by atoms with van der Waals surface area (Å²) in [5, 5.41) is 5.16. The number of benzene rings is 1. The molecule has 3 aromatic rings. The van der Waals surface area contributed by atoms with Gasteiger partial charge in [-0.3, -0.25) is 4.68 Å². The van der Waals surface area contributed by atoms with E-state index in [4.69, 9.17) is 9.47 Å². The summed E-state index contributed by atoms with van der Waals surface area (Å²) in [6, 6.07) is 7.54. The summed E-state index contributed by atoms with van der Waals surface area (Å²) in [5.41, 5.74) is 0.818. The minimum Gasteiger partial charge on any atom is -0.497 e. The number of hydrogen-bond donors (Lipinski definition) is 0. The molecule has 0 saturated carbocycles. The molecule has 0 aliphatic carbocycles. The summed E-state index contributed by atoms with van der Waals surface area (Å²) in [6.07, 6.45) is 3.34. The third-order valence-electron chi connectivity index (χ3n) is 3.62. The second-order valence-corrected chi connectivity index (χ2v) is 5.15. The van der Waals surface area contributed by atoms with Gasteiger partial charge in [-0.25, -0.2) is 9.97 Å². The molecule has 0 fully saturated rings. The number of methoxy groups -OCH3 is 1. The maximum absolute atomic E-state index is 5.75. The van der Waals surface area contributed by atoms with Gasteiger partial charge in [-0.1, -0.05) is 0 Å². The Labute approximate surface area is 134 Å². The van der Waals surface area contributed by atoms with E-state index in [0.29, 0.717) is 13.2 Å².